The van der Waals surface area contributed by atoms with Crippen molar-refractivity contribution in [3.05, 3.63) is 22.9 Å². The summed E-state index contributed by atoms with van der Waals surface area (Å²) >= 11 is 3.23. The zero-order valence-electron chi connectivity index (χ0n) is 7.04. The summed E-state index contributed by atoms with van der Waals surface area (Å²) in [5.74, 6) is 0.449. The molecule has 0 atom stereocenters. The van der Waals surface area contributed by atoms with Crippen LogP contribution in [0.1, 0.15) is 0 Å². The van der Waals surface area contributed by atoms with Crippen molar-refractivity contribution in [2.24, 2.45) is 0 Å². The number of nitrogens with two attached hydrogens (primary N) is 1. The lowest BCUT2D eigenvalue weighted by Gasteiger charge is -1.94. The maximum absolute atomic E-state index is 5.73. The number of rotatable bonds is 1. The summed E-state index contributed by atoms with van der Waals surface area (Å²) < 4.78 is 1.87. The SMILES string of the molecule is Nc1nnc2scc(-c3cccs3)n12. The molecular formula is C8H6N4S2. The standard InChI is InChI=1S/C8H6N4S2/c9-7-10-11-8-12(7)5(4-14-8)6-2-1-3-13-6/h1-4H,(H2,9,10). The van der Waals surface area contributed by atoms with Gasteiger partial charge in [-0.25, -0.2) is 0 Å². The number of aromatic nitrogens is 3. The van der Waals surface area contributed by atoms with Crippen molar-refractivity contribution in [3.63, 3.8) is 0 Å². The molecule has 0 aliphatic heterocycles. The van der Waals surface area contributed by atoms with Gasteiger partial charge in [0, 0.05) is 5.38 Å². The Kier molecular flexibility index (Phi) is 1.59. The van der Waals surface area contributed by atoms with E-state index >= 15 is 0 Å². The quantitative estimate of drug-likeness (QED) is 0.686. The average molecular weight is 222 g/mol. The first-order chi connectivity index (χ1) is 6.86. The van der Waals surface area contributed by atoms with E-state index in [1.807, 2.05) is 21.2 Å². The summed E-state index contributed by atoms with van der Waals surface area (Å²) in [5, 5.41) is 11.9. The van der Waals surface area contributed by atoms with Crippen molar-refractivity contribution < 1.29 is 0 Å². The lowest BCUT2D eigenvalue weighted by atomic mass is 10.4. The molecule has 0 unspecified atom stereocenters. The minimum absolute atomic E-state index is 0.449. The third-order valence-electron chi connectivity index (χ3n) is 1.95. The number of hydrogen-bond donors (Lipinski definition) is 1. The molecule has 0 spiro atoms. The third kappa shape index (κ3) is 0.978. The Morgan fingerprint density at radius 2 is 2.21 bits per heavy atom. The highest BCUT2D eigenvalue weighted by atomic mass is 32.1. The van der Waals surface area contributed by atoms with Gasteiger partial charge in [0.1, 0.15) is 0 Å². The molecule has 2 N–H and O–H groups in total. The molecule has 3 rings (SSSR count). The summed E-state index contributed by atoms with van der Waals surface area (Å²) in [6.07, 6.45) is 0. The summed E-state index contributed by atoms with van der Waals surface area (Å²) in [6.45, 7) is 0. The molecule has 70 valence electrons. The van der Waals surface area contributed by atoms with E-state index in [2.05, 4.69) is 16.3 Å². The Balaban J connectivity index is 2.36. The highest BCUT2D eigenvalue weighted by Gasteiger charge is 2.11. The first-order valence-corrected chi connectivity index (χ1v) is 5.74. The fourth-order valence-electron chi connectivity index (χ4n) is 1.34. The van der Waals surface area contributed by atoms with Crippen molar-refractivity contribution in [3.8, 4) is 10.6 Å². The molecule has 0 bridgehead atoms. The van der Waals surface area contributed by atoms with E-state index in [-0.39, 0.29) is 0 Å². The van der Waals surface area contributed by atoms with Gasteiger partial charge in [-0.2, -0.15) is 0 Å². The van der Waals surface area contributed by atoms with Crippen LogP contribution >= 0.6 is 22.7 Å². The van der Waals surface area contributed by atoms with Crippen molar-refractivity contribution in [1.29, 1.82) is 0 Å². The van der Waals surface area contributed by atoms with E-state index in [1.54, 1.807) is 22.7 Å². The highest BCUT2D eigenvalue weighted by molar-refractivity contribution is 7.16. The predicted octanol–water partition coefficient (Wildman–Crippen LogP) is 2.10. The first kappa shape index (κ1) is 7.95. The van der Waals surface area contributed by atoms with E-state index in [0.29, 0.717) is 5.95 Å². The fraction of sp³-hybridized carbons (Fsp3) is 0. The largest absolute Gasteiger partial charge is 0.368 e. The van der Waals surface area contributed by atoms with Gasteiger partial charge in [0.15, 0.2) is 0 Å². The van der Waals surface area contributed by atoms with Crippen molar-refractivity contribution in [2.45, 2.75) is 0 Å². The molecule has 3 heterocycles. The molecule has 0 aliphatic rings. The van der Waals surface area contributed by atoms with E-state index in [9.17, 15) is 0 Å². The van der Waals surface area contributed by atoms with E-state index in [1.165, 1.54) is 4.88 Å². The Bertz CT molecular complexity index is 563. The van der Waals surface area contributed by atoms with Crippen LogP contribution in [-0.2, 0) is 0 Å². The van der Waals surface area contributed by atoms with Gasteiger partial charge < -0.3 is 5.73 Å². The highest BCUT2D eigenvalue weighted by Crippen LogP contribution is 2.30. The zero-order valence-corrected chi connectivity index (χ0v) is 8.68. The molecule has 0 aliphatic carbocycles. The Hall–Kier alpha value is -1.40. The summed E-state index contributed by atoms with van der Waals surface area (Å²) in [7, 11) is 0. The van der Waals surface area contributed by atoms with Crippen LogP contribution < -0.4 is 5.73 Å². The van der Waals surface area contributed by atoms with Crippen LogP contribution in [0.15, 0.2) is 22.9 Å². The van der Waals surface area contributed by atoms with Gasteiger partial charge in [-0.1, -0.05) is 6.07 Å². The molecule has 0 amide bonds. The maximum atomic E-state index is 5.73. The van der Waals surface area contributed by atoms with Crippen LogP contribution in [0.25, 0.3) is 15.5 Å². The van der Waals surface area contributed by atoms with Gasteiger partial charge in [0.25, 0.3) is 0 Å². The van der Waals surface area contributed by atoms with Crippen LogP contribution in [0, 0.1) is 0 Å². The number of nitrogens with zero attached hydrogens (tertiary/aromatic N) is 3. The molecule has 14 heavy (non-hydrogen) atoms. The van der Waals surface area contributed by atoms with E-state index < -0.39 is 0 Å². The molecule has 0 aromatic carbocycles. The molecule has 0 saturated heterocycles. The summed E-state index contributed by atoms with van der Waals surface area (Å²) in [4.78, 5) is 2.02. The first-order valence-electron chi connectivity index (χ1n) is 3.98. The van der Waals surface area contributed by atoms with Crippen LogP contribution in [0.2, 0.25) is 0 Å². The number of thiazole rings is 1. The summed E-state index contributed by atoms with van der Waals surface area (Å²) in [6, 6.07) is 4.08. The number of nitrogen functional groups attached to an aromatic ring is 1. The van der Waals surface area contributed by atoms with E-state index in [4.69, 9.17) is 5.73 Å². The minimum atomic E-state index is 0.449. The molecule has 3 aromatic heterocycles. The van der Waals surface area contributed by atoms with Gasteiger partial charge in [-0.15, -0.1) is 32.9 Å². The monoisotopic (exact) mass is 222 g/mol. The van der Waals surface area contributed by atoms with Crippen molar-refractivity contribution in [1.82, 2.24) is 14.6 Å². The predicted molar refractivity (Wildman–Crippen MR) is 58.6 cm³/mol. The van der Waals surface area contributed by atoms with Gasteiger partial charge in [-0.3, -0.25) is 4.40 Å². The lowest BCUT2D eigenvalue weighted by molar-refractivity contribution is 1.12. The smallest absolute Gasteiger partial charge is 0.227 e. The second-order valence-corrected chi connectivity index (χ2v) is 4.56. The molecule has 0 radical (unpaired) electrons. The second kappa shape index (κ2) is 2.79. The normalized spacial score (nSPS) is 11.1. The molecule has 0 fully saturated rings. The fourth-order valence-corrected chi connectivity index (χ4v) is 2.98. The Morgan fingerprint density at radius 1 is 1.29 bits per heavy atom. The number of thiophene rings is 1. The minimum Gasteiger partial charge on any atom is -0.368 e. The number of fused-ring (bicyclic) bond motifs is 1. The van der Waals surface area contributed by atoms with Gasteiger partial charge in [0.2, 0.25) is 10.9 Å². The lowest BCUT2D eigenvalue weighted by Crippen LogP contribution is -1.93. The topological polar surface area (TPSA) is 56.2 Å². The molecule has 0 saturated carbocycles. The Morgan fingerprint density at radius 3 is 3.00 bits per heavy atom. The van der Waals surface area contributed by atoms with E-state index in [0.717, 1.165) is 10.7 Å². The van der Waals surface area contributed by atoms with Gasteiger partial charge in [0.05, 0.1) is 10.6 Å². The average Bonchev–Trinajstić information content (AvgIpc) is 2.84. The number of hydrogen-bond acceptors (Lipinski definition) is 5. The molecular weight excluding hydrogens is 216 g/mol. The molecule has 4 nitrogen and oxygen atoms in total. The van der Waals surface area contributed by atoms with Crippen molar-refractivity contribution in [2.75, 3.05) is 5.73 Å². The van der Waals surface area contributed by atoms with Crippen LogP contribution in [0.3, 0.4) is 0 Å². The Labute approximate surface area is 87.6 Å². The van der Waals surface area contributed by atoms with Crippen LogP contribution in [-0.4, -0.2) is 14.6 Å². The second-order valence-electron chi connectivity index (χ2n) is 2.77. The molecule has 6 heteroatoms. The van der Waals surface area contributed by atoms with Crippen molar-refractivity contribution >= 4 is 33.6 Å². The van der Waals surface area contributed by atoms with Crippen LogP contribution in [0.5, 0.6) is 0 Å². The zero-order chi connectivity index (χ0) is 9.54. The number of anilines is 1. The van der Waals surface area contributed by atoms with Gasteiger partial charge >= 0.3 is 0 Å². The third-order valence-corrected chi connectivity index (χ3v) is 3.66. The van der Waals surface area contributed by atoms with Gasteiger partial charge in [-0.05, 0) is 11.4 Å². The molecule has 3 aromatic rings. The van der Waals surface area contributed by atoms with Crippen LogP contribution in [0.4, 0.5) is 5.95 Å². The maximum Gasteiger partial charge on any atom is 0.227 e. The summed E-state index contributed by atoms with van der Waals surface area (Å²) in [5.41, 5.74) is 6.80.